The van der Waals surface area contributed by atoms with Crippen molar-refractivity contribution in [3.05, 3.63) is 0 Å². The molecule has 0 spiro atoms. The van der Waals surface area contributed by atoms with E-state index in [1.165, 1.54) is 0 Å². The summed E-state index contributed by atoms with van der Waals surface area (Å²) in [5, 5.41) is 8.46. The summed E-state index contributed by atoms with van der Waals surface area (Å²) in [6.45, 7) is 6.20. The number of aliphatic hydroxyl groups excluding tert-OH is 1. The maximum absolute atomic E-state index is 8.46. The van der Waals surface area contributed by atoms with Crippen molar-refractivity contribution < 1.29 is 28.8 Å². The van der Waals surface area contributed by atoms with Crippen molar-refractivity contribution in [2.75, 3.05) is 66.1 Å². The van der Waals surface area contributed by atoms with Crippen LogP contribution in [0.15, 0.2) is 0 Å². The van der Waals surface area contributed by atoms with E-state index in [-0.39, 0.29) is 6.61 Å². The van der Waals surface area contributed by atoms with E-state index in [0.717, 1.165) is 0 Å². The molecule has 0 fully saturated rings. The smallest absolute Gasteiger partial charge is 0.154 e. The number of halogens is 1. The second kappa shape index (κ2) is 16.1. The summed E-state index contributed by atoms with van der Waals surface area (Å²) in [6.07, 6.45) is 0. The van der Waals surface area contributed by atoms with E-state index in [9.17, 15) is 0 Å². The lowest BCUT2D eigenvalue weighted by Crippen LogP contribution is -2.16. The molecule has 19 heavy (non-hydrogen) atoms. The first-order valence-electron chi connectivity index (χ1n) is 6.48. The van der Waals surface area contributed by atoms with Crippen LogP contribution in [0.4, 0.5) is 0 Å². The zero-order valence-electron chi connectivity index (χ0n) is 11.5. The molecule has 0 saturated carbocycles. The first kappa shape index (κ1) is 19.1. The Balaban J connectivity index is 2.99. The van der Waals surface area contributed by atoms with Gasteiger partial charge in [0.15, 0.2) is 5.56 Å². The lowest BCUT2D eigenvalue weighted by molar-refractivity contribution is -0.0178. The Labute approximate surface area is 119 Å². The molecule has 0 aliphatic rings. The van der Waals surface area contributed by atoms with E-state index in [1.54, 1.807) is 0 Å². The SMILES string of the molecule is CCOC(Cl)COCCOCCOCCOCCO. The zero-order valence-corrected chi connectivity index (χ0v) is 12.3. The molecule has 7 heteroatoms. The van der Waals surface area contributed by atoms with Crippen LogP contribution in [0, 0.1) is 0 Å². The molecule has 1 unspecified atom stereocenters. The Bertz CT molecular complexity index is 172. The van der Waals surface area contributed by atoms with Crippen molar-refractivity contribution in [2.45, 2.75) is 12.5 Å². The molecular weight excluding hydrogens is 276 g/mol. The van der Waals surface area contributed by atoms with Gasteiger partial charge < -0.3 is 28.8 Å². The normalized spacial score (nSPS) is 12.8. The van der Waals surface area contributed by atoms with Crippen molar-refractivity contribution in [3.63, 3.8) is 0 Å². The minimum Gasteiger partial charge on any atom is -0.394 e. The van der Waals surface area contributed by atoms with Gasteiger partial charge in [0.05, 0.1) is 59.5 Å². The first-order valence-corrected chi connectivity index (χ1v) is 6.92. The monoisotopic (exact) mass is 300 g/mol. The van der Waals surface area contributed by atoms with Crippen LogP contribution in [0.5, 0.6) is 0 Å². The van der Waals surface area contributed by atoms with Gasteiger partial charge in [-0.15, -0.1) is 0 Å². The maximum Gasteiger partial charge on any atom is 0.154 e. The molecule has 0 aliphatic heterocycles. The molecule has 1 atom stereocenters. The van der Waals surface area contributed by atoms with E-state index in [1.807, 2.05) is 6.92 Å². The standard InChI is InChI=1S/C12H25ClO6/c1-2-19-12(13)11-18-10-9-17-8-7-16-6-5-15-4-3-14/h12,14H,2-11H2,1H3. The summed E-state index contributed by atoms with van der Waals surface area (Å²) in [5.41, 5.74) is -0.396. The van der Waals surface area contributed by atoms with E-state index in [2.05, 4.69) is 0 Å². The van der Waals surface area contributed by atoms with E-state index >= 15 is 0 Å². The average Bonchev–Trinajstić information content (AvgIpc) is 2.40. The van der Waals surface area contributed by atoms with Crippen LogP contribution < -0.4 is 0 Å². The van der Waals surface area contributed by atoms with Gasteiger partial charge in [-0.3, -0.25) is 0 Å². The highest BCUT2D eigenvalue weighted by Gasteiger charge is 2.02. The molecular formula is C12H25ClO6. The predicted octanol–water partition coefficient (Wildman–Crippen LogP) is 0.647. The number of alkyl halides is 1. The molecule has 0 amide bonds. The molecule has 0 saturated heterocycles. The van der Waals surface area contributed by atoms with Gasteiger partial charge >= 0.3 is 0 Å². The van der Waals surface area contributed by atoms with Gasteiger partial charge in [0.2, 0.25) is 0 Å². The fourth-order valence-corrected chi connectivity index (χ4v) is 1.34. The van der Waals surface area contributed by atoms with Crippen molar-refractivity contribution in [1.82, 2.24) is 0 Å². The number of aliphatic hydroxyl groups is 1. The molecule has 0 rings (SSSR count). The first-order chi connectivity index (χ1) is 9.31. The third-order valence-corrected chi connectivity index (χ3v) is 2.20. The van der Waals surface area contributed by atoms with Gasteiger partial charge in [0.1, 0.15) is 0 Å². The second-order valence-corrected chi connectivity index (χ2v) is 3.99. The van der Waals surface area contributed by atoms with Crippen LogP contribution in [0.3, 0.4) is 0 Å². The quantitative estimate of drug-likeness (QED) is 0.354. The van der Waals surface area contributed by atoms with Crippen LogP contribution in [0.2, 0.25) is 0 Å². The number of hydrogen-bond donors (Lipinski definition) is 1. The fourth-order valence-electron chi connectivity index (χ4n) is 1.13. The Morgan fingerprint density at radius 2 is 1.32 bits per heavy atom. The Morgan fingerprint density at radius 3 is 1.79 bits per heavy atom. The van der Waals surface area contributed by atoms with Crippen LogP contribution in [0.1, 0.15) is 6.92 Å². The summed E-state index contributed by atoms with van der Waals surface area (Å²) in [7, 11) is 0. The zero-order chi connectivity index (χ0) is 14.2. The van der Waals surface area contributed by atoms with E-state index in [0.29, 0.717) is 59.5 Å². The minimum atomic E-state index is -0.396. The fraction of sp³-hybridized carbons (Fsp3) is 1.00. The van der Waals surface area contributed by atoms with Gasteiger partial charge in [-0.25, -0.2) is 0 Å². The third-order valence-electron chi connectivity index (χ3n) is 1.95. The van der Waals surface area contributed by atoms with Crippen LogP contribution in [-0.4, -0.2) is 76.7 Å². The molecule has 0 bridgehead atoms. The van der Waals surface area contributed by atoms with Crippen LogP contribution in [0.25, 0.3) is 0 Å². The summed E-state index contributed by atoms with van der Waals surface area (Å²) in [4.78, 5) is 0. The summed E-state index contributed by atoms with van der Waals surface area (Å²) < 4.78 is 25.9. The molecule has 0 aliphatic carbocycles. The minimum absolute atomic E-state index is 0.0373. The molecule has 6 nitrogen and oxygen atoms in total. The number of ether oxygens (including phenoxy) is 5. The molecule has 0 aromatic rings. The van der Waals surface area contributed by atoms with Gasteiger partial charge in [-0.2, -0.15) is 0 Å². The largest absolute Gasteiger partial charge is 0.394 e. The van der Waals surface area contributed by atoms with E-state index in [4.69, 9.17) is 40.4 Å². The summed E-state index contributed by atoms with van der Waals surface area (Å²) >= 11 is 5.78. The maximum atomic E-state index is 8.46. The summed E-state index contributed by atoms with van der Waals surface area (Å²) in [6, 6.07) is 0. The summed E-state index contributed by atoms with van der Waals surface area (Å²) in [5.74, 6) is 0. The second-order valence-electron chi connectivity index (χ2n) is 3.50. The van der Waals surface area contributed by atoms with E-state index < -0.39 is 5.56 Å². The Morgan fingerprint density at radius 1 is 0.842 bits per heavy atom. The van der Waals surface area contributed by atoms with Crippen molar-refractivity contribution >= 4 is 11.6 Å². The Kier molecular flexibility index (Phi) is 16.1. The Hall–Kier alpha value is 0.0500. The van der Waals surface area contributed by atoms with Crippen LogP contribution in [-0.2, 0) is 23.7 Å². The molecule has 0 radical (unpaired) electrons. The van der Waals surface area contributed by atoms with Crippen LogP contribution >= 0.6 is 11.6 Å². The lowest BCUT2D eigenvalue weighted by atomic mass is 10.7. The average molecular weight is 301 g/mol. The van der Waals surface area contributed by atoms with Gasteiger partial charge in [0, 0.05) is 6.61 Å². The predicted molar refractivity (Wildman–Crippen MR) is 71.6 cm³/mol. The highest BCUT2D eigenvalue weighted by molar-refractivity contribution is 6.19. The van der Waals surface area contributed by atoms with Gasteiger partial charge in [0.25, 0.3) is 0 Å². The molecule has 0 aromatic heterocycles. The van der Waals surface area contributed by atoms with Gasteiger partial charge in [-0.1, -0.05) is 11.6 Å². The molecule has 116 valence electrons. The topological polar surface area (TPSA) is 66.4 Å². The van der Waals surface area contributed by atoms with Crippen molar-refractivity contribution in [1.29, 1.82) is 0 Å². The number of hydrogen-bond acceptors (Lipinski definition) is 6. The molecule has 0 heterocycles. The number of rotatable bonds is 15. The van der Waals surface area contributed by atoms with Gasteiger partial charge in [-0.05, 0) is 6.92 Å². The lowest BCUT2D eigenvalue weighted by Gasteiger charge is -2.10. The van der Waals surface area contributed by atoms with Crippen molar-refractivity contribution in [2.24, 2.45) is 0 Å². The van der Waals surface area contributed by atoms with Crippen molar-refractivity contribution in [3.8, 4) is 0 Å². The molecule has 1 N–H and O–H groups in total. The highest BCUT2D eigenvalue weighted by atomic mass is 35.5. The third kappa shape index (κ3) is 16.0. The highest BCUT2D eigenvalue weighted by Crippen LogP contribution is 1.98. The molecule has 0 aromatic carbocycles.